The first-order valence-electron chi connectivity index (χ1n) is 5.48. The highest BCUT2D eigenvalue weighted by molar-refractivity contribution is 5.99. The van der Waals surface area contributed by atoms with Crippen LogP contribution in [-0.4, -0.2) is 27.2 Å². The molecule has 0 unspecified atom stereocenters. The zero-order chi connectivity index (χ0) is 13.8. The van der Waals surface area contributed by atoms with Crippen molar-refractivity contribution >= 4 is 5.78 Å². The van der Waals surface area contributed by atoms with Gasteiger partial charge in [0, 0.05) is 7.05 Å². The predicted octanol–water partition coefficient (Wildman–Crippen LogP) is 1.84. The Hall–Kier alpha value is -2.31. The van der Waals surface area contributed by atoms with Gasteiger partial charge in [0.05, 0.1) is 12.0 Å². The highest BCUT2D eigenvalue weighted by Gasteiger charge is 2.17. The molecule has 100 valence electrons. The number of para-hydroxylation sites is 1. The van der Waals surface area contributed by atoms with Crippen LogP contribution in [0.4, 0.5) is 8.78 Å². The van der Waals surface area contributed by atoms with Crippen molar-refractivity contribution in [2.24, 2.45) is 7.05 Å². The first kappa shape index (κ1) is 13.1. The number of Topliss-reactive ketones (excluding diaryl/α,β-unsaturated/α-hetero) is 1. The van der Waals surface area contributed by atoms with Crippen LogP contribution < -0.4 is 4.74 Å². The van der Waals surface area contributed by atoms with Gasteiger partial charge in [-0.2, -0.15) is 13.9 Å². The number of benzene rings is 1. The fourth-order valence-electron chi connectivity index (χ4n) is 1.61. The zero-order valence-electron chi connectivity index (χ0n) is 10.1. The number of ether oxygens (including phenoxy) is 1. The lowest BCUT2D eigenvalue weighted by molar-refractivity contribution is -0.0501. The van der Waals surface area contributed by atoms with E-state index in [-0.39, 0.29) is 23.5 Å². The Morgan fingerprint density at radius 3 is 2.79 bits per heavy atom. The maximum Gasteiger partial charge on any atom is 0.387 e. The molecule has 0 radical (unpaired) electrons. The summed E-state index contributed by atoms with van der Waals surface area (Å²) >= 11 is 0. The maximum atomic E-state index is 12.2. The minimum absolute atomic E-state index is 0.0277. The van der Waals surface area contributed by atoms with Crippen molar-refractivity contribution in [3.63, 3.8) is 0 Å². The zero-order valence-corrected chi connectivity index (χ0v) is 10.1. The van der Waals surface area contributed by atoms with Crippen LogP contribution in [-0.2, 0) is 13.5 Å². The molecule has 0 bridgehead atoms. The SMILES string of the molecule is Cn1ncnc1CC(=O)c1ccccc1OC(F)F. The van der Waals surface area contributed by atoms with Gasteiger partial charge in [-0.1, -0.05) is 12.1 Å². The maximum absolute atomic E-state index is 12.2. The van der Waals surface area contributed by atoms with E-state index in [2.05, 4.69) is 14.8 Å². The van der Waals surface area contributed by atoms with Crippen LogP contribution in [0.25, 0.3) is 0 Å². The lowest BCUT2D eigenvalue weighted by atomic mass is 10.1. The third-order valence-corrected chi connectivity index (χ3v) is 2.53. The lowest BCUT2D eigenvalue weighted by Gasteiger charge is -2.09. The number of ketones is 1. The number of hydrogen-bond donors (Lipinski definition) is 0. The number of hydrogen-bond acceptors (Lipinski definition) is 4. The van der Waals surface area contributed by atoms with Crippen molar-refractivity contribution in [1.29, 1.82) is 0 Å². The van der Waals surface area contributed by atoms with Gasteiger partial charge in [0.1, 0.15) is 17.9 Å². The van der Waals surface area contributed by atoms with Crippen LogP contribution in [0.1, 0.15) is 16.2 Å². The highest BCUT2D eigenvalue weighted by atomic mass is 19.3. The van der Waals surface area contributed by atoms with Crippen LogP contribution >= 0.6 is 0 Å². The number of alkyl halides is 2. The average Bonchev–Trinajstić information content (AvgIpc) is 2.75. The van der Waals surface area contributed by atoms with Crippen molar-refractivity contribution in [3.8, 4) is 5.75 Å². The van der Waals surface area contributed by atoms with Gasteiger partial charge in [0.25, 0.3) is 0 Å². The Morgan fingerprint density at radius 2 is 2.16 bits per heavy atom. The molecular weight excluding hydrogens is 256 g/mol. The highest BCUT2D eigenvalue weighted by Crippen LogP contribution is 2.21. The number of carbonyl (C=O) groups excluding carboxylic acids is 1. The molecule has 5 nitrogen and oxygen atoms in total. The normalized spacial score (nSPS) is 10.7. The molecule has 0 amide bonds. The second-order valence-electron chi connectivity index (χ2n) is 3.77. The molecule has 2 rings (SSSR count). The van der Waals surface area contributed by atoms with Crippen molar-refractivity contribution in [3.05, 3.63) is 42.0 Å². The molecule has 7 heteroatoms. The van der Waals surface area contributed by atoms with Gasteiger partial charge < -0.3 is 4.74 Å². The van der Waals surface area contributed by atoms with Crippen molar-refractivity contribution in [1.82, 2.24) is 14.8 Å². The molecule has 19 heavy (non-hydrogen) atoms. The van der Waals surface area contributed by atoms with Crippen molar-refractivity contribution in [2.75, 3.05) is 0 Å². The van der Waals surface area contributed by atoms with Gasteiger partial charge in [-0.3, -0.25) is 9.48 Å². The minimum atomic E-state index is -2.97. The smallest absolute Gasteiger partial charge is 0.387 e. The number of halogens is 2. The van der Waals surface area contributed by atoms with E-state index in [4.69, 9.17) is 0 Å². The van der Waals surface area contributed by atoms with Crippen LogP contribution in [0.2, 0.25) is 0 Å². The number of rotatable bonds is 5. The summed E-state index contributed by atoms with van der Waals surface area (Å²) in [6.07, 6.45) is 1.30. The standard InChI is InChI=1S/C12H11F2N3O2/c1-17-11(15-7-16-17)6-9(18)8-4-2-3-5-10(8)19-12(13)14/h2-5,7,12H,6H2,1H3. The molecule has 0 aliphatic rings. The van der Waals surface area contributed by atoms with E-state index in [1.165, 1.54) is 29.2 Å². The van der Waals surface area contributed by atoms with E-state index in [0.717, 1.165) is 0 Å². The van der Waals surface area contributed by atoms with Crippen molar-refractivity contribution < 1.29 is 18.3 Å². The minimum Gasteiger partial charge on any atom is -0.434 e. The van der Waals surface area contributed by atoms with Gasteiger partial charge in [0.15, 0.2) is 5.78 Å². The average molecular weight is 267 g/mol. The Balaban J connectivity index is 2.21. The molecule has 1 aromatic carbocycles. The molecule has 1 heterocycles. The number of nitrogens with zero attached hydrogens (tertiary/aromatic N) is 3. The molecule has 0 atom stereocenters. The number of aryl methyl sites for hydroxylation is 1. The van der Waals surface area contributed by atoms with Crippen molar-refractivity contribution in [2.45, 2.75) is 13.0 Å². The Labute approximate surface area is 107 Å². The van der Waals surface area contributed by atoms with E-state index in [1.54, 1.807) is 13.1 Å². The van der Waals surface area contributed by atoms with E-state index in [0.29, 0.717) is 5.82 Å². The molecule has 0 N–H and O–H groups in total. The molecule has 0 fully saturated rings. The van der Waals surface area contributed by atoms with Gasteiger partial charge >= 0.3 is 6.61 Å². The van der Waals surface area contributed by atoms with Gasteiger partial charge in [-0.05, 0) is 12.1 Å². The molecule has 0 saturated heterocycles. The molecule has 0 spiro atoms. The summed E-state index contributed by atoms with van der Waals surface area (Å²) in [6.45, 7) is -2.97. The first-order chi connectivity index (χ1) is 9.08. The Bertz CT molecular complexity index is 584. The largest absolute Gasteiger partial charge is 0.434 e. The summed E-state index contributed by atoms with van der Waals surface area (Å²) in [5, 5.41) is 3.84. The van der Waals surface area contributed by atoms with Crippen LogP contribution in [0, 0.1) is 0 Å². The summed E-state index contributed by atoms with van der Waals surface area (Å²) in [7, 11) is 1.65. The molecule has 1 aromatic heterocycles. The molecule has 0 saturated carbocycles. The predicted molar refractivity (Wildman–Crippen MR) is 62.1 cm³/mol. The summed E-state index contributed by atoms with van der Waals surface area (Å²) in [4.78, 5) is 16.0. The number of carbonyl (C=O) groups is 1. The first-order valence-corrected chi connectivity index (χ1v) is 5.48. The Morgan fingerprint density at radius 1 is 1.42 bits per heavy atom. The number of aromatic nitrogens is 3. The molecular formula is C12H11F2N3O2. The van der Waals surface area contributed by atoms with E-state index < -0.39 is 6.61 Å². The quantitative estimate of drug-likeness (QED) is 0.776. The monoisotopic (exact) mass is 267 g/mol. The van der Waals surface area contributed by atoms with Gasteiger partial charge in [-0.25, -0.2) is 4.98 Å². The summed E-state index contributed by atoms with van der Waals surface area (Å²) in [6, 6.07) is 5.88. The van der Waals surface area contributed by atoms with E-state index in [9.17, 15) is 13.6 Å². The van der Waals surface area contributed by atoms with Gasteiger partial charge in [0.2, 0.25) is 0 Å². The summed E-state index contributed by atoms with van der Waals surface area (Å²) in [5.74, 6) is -0.0335. The fraction of sp³-hybridized carbons (Fsp3) is 0.250. The molecule has 2 aromatic rings. The van der Waals surface area contributed by atoms with Crippen LogP contribution in [0.3, 0.4) is 0 Å². The fourth-order valence-corrected chi connectivity index (χ4v) is 1.61. The van der Waals surface area contributed by atoms with Crippen LogP contribution in [0.5, 0.6) is 5.75 Å². The summed E-state index contributed by atoms with van der Waals surface area (Å²) in [5.41, 5.74) is 0.103. The lowest BCUT2D eigenvalue weighted by Crippen LogP contribution is -2.12. The second kappa shape index (κ2) is 5.55. The topological polar surface area (TPSA) is 57.0 Å². The van der Waals surface area contributed by atoms with Crippen LogP contribution in [0.15, 0.2) is 30.6 Å². The third-order valence-electron chi connectivity index (χ3n) is 2.53. The second-order valence-corrected chi connectivity index (χ2v) is 3.77. The van der Waals surface area contributed by atoms with Gasteiger partial charge in [-0.15, -0.1) is 0 Å². The molecule has 0 aliphatic heterocycles. The Kier molecular flexibility index (Phi) is 3.84. The summed E-state index contributed by atoms with van der Waals surface area (Å²) < 4.78 is 30.3. The van der Waals surface area contributed by atoms with E-state index >= 15 is 0 Å². The molecule has 0 aliphatic carbocycles. The third kappa shape index (κ3) is 3.12. The van der Waals surface area contributed by atoms with E-state index in [1.807, 2.05) is 0 Å².